The van der Waals surface area contributed by atoms with Gasteiger partial charge in [0.15, 0.2) is 0 Å². The van der Waals surface area contributed by atoms with Crippen molar-refractivity contribution in [2.45, 2.75) is 6.54 Å². The van der Waals surface area contributed by atoms with Crippen LogP contribution < -0.4 is 5.32 Å². The summed E-state index contributed by atoms with van der Waals surface area (Å²) in [6.07, 6.45) is 0. The first-order chi connectivity index (χ1) is 11.1. The standard InChI is InChI=1S/C16H11F2N3O2/c17-12-6-4-10(5-7-12)15-20-14(23-21-15)9-19-16(22)11-2-1-3-13(18)8-11/h1-8H,9H2,(H,19,22). The summed E-state index contributed by atoms with van der Waals surface area (Å²) in [6, 6.07) is 11.0. The molecule has 116 valence electrons. The third-order valence-corrected chi connectivity index (χ3v) is 3.06. The largest absolute Gasteiger partial charge is 0.343 e. The smallest absolute Gasteiger partial charge is 0.251 e. The lowest BCUT2D eigenvalue weighted by Gasteiger charge is -2.02. The van der Waals surface area contributed by atoms with Gasteiger partial charge in [-0.3, -0.25) is 4.79 Å². The van der Waals surface area contributed by atoms with Crippen molar-refractivity contribution in [1.29, 1.82) is 0 Å². The van der Waals surface area contributed by atoms with Crippen LogP contribution in [0.4, 0.5) is 8.78 Å². The molecule has 23 heavy (non-hydrogen) atoms. The molecule has 0 aliphatic rings. The topological polar surface area (TPSA) is 68.0 Å². The van der Waals surface area contributed by atoms with Crippen molar-refractivity contribution >= 4 is 5.91 Å². The van der Waals surface area contributed by atoms with Crippen LogP contribution in [0.25, 0.3) is 11.4 Å². The molecule has 7 heteroatoms. The van der Waals surface area contributed by atoms with E-state index in [2.05, 4.69) is 15.5 Å². The van der Waals surface area contributed by atoms with Gasteiger partial charge in [0, 0.05) is 11.1 Å². The average Bonchev–Trinajstić information content (AvgIpc) is 3.02. The number of amides is 1. The zero-order chi connectivity index (χ0) is 16.2. The monoisotopic (exact) mass is 315 g/mol. The normalized spacial score (nSPS) is 10.5. The Labute approximate surface area is 130 Å². The third kappa shape index (κ3) is 3.57. The summed E-state index contributed by atoms with van der Waals surface area (Å²) in [5.41, 5.74) is 0.793. The Morgan fingerprint density at radius 3 is 2.61 bits per heavy atom. The van der Waals surface area contributed by atoms with Crippen LogP contribution in [0.5, 0.6) is 0 Å². The predicted octanol–water partition coefficient (Wildman–Crippen LogP) is 2.94. The van der Waals surface area contributed by atoms with Gasteiger partial charge >= 0.3 is 0 Å². The maximum atomic E-state index is 13.1. The molecule has 0 aliphatic heterocycles. The van der Waals surface area contributed by atoms with Crippen LogP contribution in [0.15, 0.2) is 53.1 Å². The molecule has 1 aromatic heterocycles. The maximum absolute atomic E-state index is 13.1. The zero-order valence-electron chi connectivity index (χ0n) is 11.8. The summed E-state index contributed by atoms with van der Waals surface area (Å²) in [5.74, 6) is -0.825. The first-order valence-electron chi connectivity index (χ1n) is 6.74. The second kappa shape index (κ2) is 6.35. The minimum Gasteiger partial charge on any atom is -0.343 e. The number of hydrogen-bond donors (Lipinski definition) is 1. The van der Waals surface area contributed by atoms with Crippen molar-refractivity contribution in [3.8, 4) is 11.4 Å². The van der Waals surface area contributed by atoms with Gasteiger partial charge in [0.25, 0.3) is 5.91 Å². The fourth-order valence-corrected chi connectivity index (χ4v) is 1.93. The molecule has 0 unspecified atom stereocenters. The molecule has 3 rings (SSSR count). The van der Waals surface area contributed by atoms with Crippen LogP contribution in [0.1, 0.15) is 16.2 Å². The number of nitrogens with one attached hydrogen (secondary N) is 1. The highest BCUT2D eigenvalue weighted by Crippen LogP contribution is 2.16. The van der Waals surface area contributed by atoms with Crippen LogP contribution in [0.2, 0.25) is 0 Å². The molecule has 0 bridgehead atoms. The number of aromatic nitrogens is 2. The molecule has 0 atom stereocenters. The van der Waals surface area contributed by atoms with E-state index in [1.807, 2.05) is 0 Å². The van der Waals surface area contributed by atoms with Gasteiger partial charge in [-0.05, 0) is 42.5 Å². The van der Waals surface area contributed by atoms with E-state index in [9.17, 15) is 13.6 Å². The van der Waals surface area contributed by atoms with Gasteiger partial charge in [0.05, 0.1) is 6.54 Å². The van der Waals surface area contributed by atoms with E-state index in [-0.39, 0.29) is 23.8 Å². The number of nitrogens with zero attached hydrogens (tertiary/aromatic N) is 2. The molecular formula is C16H11F2N3O2. The molecule has 3 aromatic rings. The molecule has 0 aliphatic carbocycles. The van der Waals surface area contributed by atoms with Gasteiger partial charge in [-0.15, -0.1) is 0 Å². The van der Waals surface area contributed by atoms with Gasteiger partial charge in [-0.25, -0.2) is 8.78 Å². The lowest BCUT2D eigenvalue weighted by molar-refractivity contribution is 0.0946. The quantitative estimate of drug-likeness (QED) is 0.804. The summed E-state index contributed by atoms with van der Waals surface area (Å²) < 4.78 is 30.9. The number of benzene rings is 2. The Balaban J connectivity index is 1.65. The van der Waals surface area contributed by atoms with Gasteiger partial charge in [0.1, 0.15) is 11.6 Å². The number of halogens is 2. The highest BCUT2D eigenvalue weighted by Gasteiger charge is 2.11. The lowest BCUT2D eigenvalue weighted by Crippen LogP contribution is -2.23. The second-order valence-electron chi connectivity index (χ2n) is 4.71. The minimum absolute atomic E-state index is 0.00351. The van der Waals surface area contributed by atoms with E-state index in [1.54, 1.807) is 0 Å². The van der Waals surface area contributed by atoms with E-state index >= 15 is 0 Å². The van der Waals surface area contributed by atoms with E-state index in [0.29, 0.717) is 11.4 Å². The number of carbonyl (C=O) groups excluding carboxylic acids is 1. The number of hydrogen-bond acceptors (Lipinski definition) is 4. The molecule has 1 amide bonds. The first kappa shape index (κ1) is 14.8. The summed E-state index contributed by atoms with van der Waals surface area (Å²) in [4.78, 5) is 16.0. The second-order valence-corrected chi connectivity index (χ2v) is 4.71. The summed E-state index contributed by atoms with van der Waals surface area (Å²) in [6.45, 7) is 0.00351. The average molecular weight is 315 g/mol. The van der Waals surface area contributed by atoms with E-state index in [1.165, 1.54) is 42.5 Å². The molecule has 1 heterocycles. The highest BCUT2D eigenvalue weighted by molar-refractivity contribution is 5.94. The molecule has 5 nitrogen and oxygen atoms in total. The van der Waals surface area contributed by atoms with Crippen molar-refractivity contribution in [3.05, 3.63) is 71.6 Å². The van der Waals surface area contributed by atoms with Crippen molar-refractivity contribution in [2.24, 2.45) is 0 Å². The van der Waals surface area contributed by atoms with Crippen LogP contribution in [-0.4, -0.2) is 16.0 Å². The molecule has 0 spiro atoms. The highest BCUT2D eigenvalue weighted by atomic mass is 19.1. The van der Waals surface area contributed by atoms with Crippen molar-refractivity contribution < 1.29 is 18.1 Å². The molecule has 0 saturated carbocycles. The molecule has 1 N–H and O–H groups in total. The van der Waals surface area contributed by atoms with Crippen LogP contribution in [0.3, 0.4) is 0 Å². The maximum Gasteiger partial charge on any atom is 0.251 e. The summed E-state index contributed by atoms with van der Waals surface area (Å²) >= 11 is 0. The molecular weight excluding hydrogens is 304 g/mol. The van der Waals surface area contributed by atoms with Crippen molar-refractivity contribution in [1.82, 2.24) is 15.5 Å². The molecule has 2 aromatic carbocycles. The van der Waals surface area contributed by atoms with Gasteiger partial charge in [-0.1, -0.05) is 11.2 Å². The summed E-state index contributed by atoms with van der Waals surface area (Å²) in [5, 5.41) is 6.32. The fraction of sp³-hybridized carbons (Fsp3) is 0.0625. The fourth-order valence-electron chi connectivity index (χ4n) is 1.93. The molecule has 0 saturated heterocycles. The zero-order valence-corrected chi connectivity index (χ0v) is 11.8. The molecule has 0 radical (unpaired) electrons. The third-order valence-electron chi connectivity index (χ3n) is 3.06. The summed E-state index contributed by atoms with van der Waals surface area (Å²) in [7, 11) is 0. The SMILES string of the molecule is O=C(NCc1nc(-c2ccc(F)cc2)no1)c1cccc(F)c1. The van der Waals surface area contributed by atoms with Crippen molar-refractivity contribution in [2.75, 3.05) is 0 Å². The van der Waals surface area contributed by atoms with Gasteiger partial charge in [-0.2, -0.15) is 4.98 Å². The van der Waals surface area contributed by atoms with E-state index in [0.717, 1.165) is 6.07 Å². The van der Waals surface area contributed by atoms with Crippen molar-refractivity contribution in [3.63, 3.8) is 0 Å². The van der Waals surface area contributed by atoms with Crippen LogP contribution in [0, 0.1) is 11.6 Å². The van der Waals surface area contributed by atoms with E-state index in [4.69, 9.17) is 4.52 Å². The van der Waals surface area contributed by atoms with Gasteiger partial charge in [0.2, 0.25) is 11.7 Å². The van der Waals surface area contributed by atoms with Crippen LogP contribution in [-0.2, 0) is 6.54 Å². The van der Waals surface area contributed by atoms with Crippen LogP contribution >= 0.6 is 0 Å². The van der Waals surface area contributed by atoms with Gasteiger partial charge < -0.3 is 9.84 Å². The predicted molar refractivity (Wildman–Crippen MR) is 77.3 cm³/mol. The number of carbonyl (C=O) groups is 1. The Bertz CT molecular complexity index is 831. The van der Waals surface area contributed by atoms with E-state index < -0.39 is 11.7 Å². The minimum atomic E-state index is -0.492. The Morgan fingerprint density at radius 2 is 1.87 bits per heavy atom. The first-order valence-corrected chi connectivity index (χ1v) is 6.74. The Morgan fingerprint density at radius 1 is 1.09 bits per heavy atom. The number of rotatable bonds is 4. The Hall–Kier alpha value is -3.09. The Kier molecular flexibility index (Phi) is 4.09. The lowest BCUT2D eigenvalue weighted by atomic mass is 10.2. The molecule has 0 fully saturated rings.